The minimum atomic E-state index is 0.0624. The number of nitrogens with one attached hydrogen (secondary N) is 2. The second-order valence-corrected chi connectivity index (χ2v) is 7.83. The van der Waals surface area contributed by atoms with E-state index in [1.54, 1.807) is 13.3 Å². The summed E-state index contributed by atoms with van der Waals surface area (Å²) in [5.41, 5.74) is 0.967. The third-order valence-corrected chi connectivity index (χ3v) is 5.37. The van der Waals surface area contributed by atoms with Crippen LogP contribution < -0.4 is 20.3 Å². The Balaban J connectivity index is 1.39. The number of amides is 1. The summed E-state index contributed by atoms with van der Waals surface area (Å²) in [4.78, 5) is 23.1. The first kappa shape index (κ1) is 20.9. The van der Waals surface area contributed by atoms with Crippen LogP contribution in [0.3, 0.4) is 0 Å². The van der Waals surface area contributed by atoms with Crippen LogP contribution in [-0.4, -0.2) is 49.7 Å². The van der Waals surface area contributed by atoms with Gasteiger partial charge in [-0.2, -0.15) is 4.98 Å². The molecule has 7 nitrogen and oxygen atoms in total. The summed E-state index contributed by atoms with van der Waals surface area (Å²) in [7, 11) is 5.58. The molecule has 29 heavy (non-hydrogen) atoms. The molecule has 0 spiro atoms. The van der Waals surface area contributed by atoms with Gasteiger partial charge in [0.05, 0.1) is 13.5 Å². The lowest BCUT2D eigenvalue weighted by molar-refractivity contribution is -0.120. The summed E-state index contributed by atoms with van der Waals surface area (Å²) in [6.07, 6.45) is 6.47. The number of methoxy groups -OCH3 is 1. The summed E-state index contributed by atoms with van der Waals surface area (Å²) in [6, 6.07) is 9.94. The van der Waals surface area contributed by atoms with E-state index in [1.165, 1.54) is 0 Å². The van der Waals surface area contributed by atoms with Crippen molar-refractivity contribution in [2.75, 3.05) is 38.0 Å². The van der Waals surface area contributed by atoms with Crippen molar-refractivity contribution in [1.82, 2.24) is 15.3 Å². The molecule has 0 radical (unpaired) electrons. The van der Waals surface area contributed by atoms with Crippen LogP contribution in [0.4, 0.5) is 11.8 Å². The third kappa shape index (κ3) is 6.34. The lowest BCUT2D eigenvalue weighted by atomic mass is 9.86. The standard InChI is InChI=1S/C22H31N5O2/c1-27(2)20-11-12-23-22(26-20)25-18-9-7-16(8-10-18)15-24-21(28)14-17-5-4-6-19(13-17)29-3/h4-6,11-13,16,18H,7-10,14-15H2,1-3H3,(H,24,28)(H,23,25,26)/t16-,18+. The Morgan fingerprint density at radius 3 is 2.72 bits per heavy atom. The molecule has 2 N–H and O–H groups in total. The molecule has 7 heteroatoms. The van der Waals surface area contributed by atoms with Crippen LogP contribution in [0.1, 0.15) is 31.2 Å². The molecule has 0 unspecified atom stereocenters. The minimum absolute atomic E-state index is 0.0624. The molecule has 1 fully saturated rings. The van der Waals surface area contributed by atoms with Gasteiger partial charge in [0.15, 0.2) is 0 Å². The molecule has 3 rings (SSSR count). The fraction of sp³-hybridized carbons (Fsp3) is 0.500. The van der Waals surface area contributed by atoms with Gasteiger partial charge in [0.1, 0.15) is 11.6 Å². The monoisotopic (exact) mass is 397 g/mol. The Bertz CT molecular complexity index is 803. The predicted octanol–water partition coefficient (Wildman–Crippen LogP) is 2.88. The molecule has 1 aromatic carbocycles. The van der Waals surface area contributed by atoms with Crippen molar-refractivity contribution in [2.45, 2.75) is 38.1 Å². The number of nitrogens with zero attached hydrogens (tertiary/aromatic N) is 3. The molecule has 1 aliphatic rings. The van der Waals surface area contributed by atoms with Crippen molar-refractivity contribution in [3.8, 4) is 5.75 Å². The Morgan fingerprint density at radius 2 is 2.00 bits per heavy atom. The Kier molecular flexibility index (Phi) is 7.27. The highest BCUT2D eigenvalue weighted by atomic mass is 16.5. The highest BCUT2D eigenvalue weighted by Gasteiger charge is 2.22. The number of anilines is 2. The summed E-state index contributed by atoms with van der Waals surface area (Å²) in [5, 5.41) is 6.55. The average Bonchev–Trinajstić information content (AvgIpc) is 2.73. The van der Waals surface area contributed by atoms with Crippen LogP contribution in [0.5, 0.6) is 5.75 Å². The average molecular weight is 398 g/mol. The molecule has 1 saturated carbocycles. The number of benzene rings is 1. The van der Waals surface area contributed by atoms with Crippen molar-refractivity contribution < 1.29 is 9.53 Å². The van der Waals surface area contributed by atoms with Gasteiger partial charge in [0, 0.05) is 32.9 Å². The number of ether oxygens (including phenoxy) is 1. The van der Waals surface area contributed by atoms with Gasteiger partial charge >= 0.3 is 0 Å². The van der Waals surface area contributed by atoms with E-state index < -0.39 is 0 Å². The normalized spacial score (nSPS) is 18.7. The zero-order chi connectivity index (χ0) is 20.6. The highest BCUT2D eigenvalue weighted by molar-refractivity contribution is 5.78. The minimum Gasteiger partial charge on any atom is -0.497 e. The lowest BCUT2D eigenvalue weighted by Gasteiger charge is -2.29. The third-order valence-electron chi connectivity index (χ3n) is 5.37. The lowest BCUT2D eigenvalue weighted by Crippen LogP contribution is -2.34. The molecule has 1 aliphatic carbocycles. The van der Waals surface area contributed by atoms with Crippen molar-refractivity contribution >= 4 is 17.7 Å². The fourth-order valence-electron chi connectivity index (χ4n) is 3.65. The van der Waals surface area contributed by atoms with E-state index in [-0.39, 0.29) is 5.91 Å². The number of hydrogen-bond donors (Lipinski definition) is 2. The van der Waals surface area contributed by atoms with Crippen LogP contribution >= 0.6 is 0 Å². The van der Waals surface area contributed by atoms with Gasteiger partial charge < -0.3 is 20.3 Å². The summed E-state index contributed by atoms with van der Waals surface area (Å²) >= 11 is 0. The Labute approximate surface area is 172 Å². The maximum absolute atomic E-state index is 12.3. The van der Waals surface area contributed by atoms with Crippen molar-refractivity contribution in [3.05, 3.63) is 42.1 Å². The zero-order valence-corrected chi connectivity index (χ0v) is 17.5. The molecule has 1 heterocycles. The van der Waals surface area contributed by atoms with Gasteiger partial charge in [-0.3, -0.25) is 4.79 Å². The fourth-order valence-corrected chi connectivity index (χ4v) is 3.65. The maximum Gasteiger partial charge on any atom is 0.224 e. The first-order valence-electron chi connectivity index (χ1n) is 10.2. The van der Waals surface area contributed by atoms with E-state index in [0.29, 0.717) is 24.3 Å². The molecular weight excluding hydrogens is 366 g/mol. The molecule has 2 aromatic rings. The predicted molar refractivity (Wildman–Crippen MR) is 115 cm³/mol. The number of hydrogen-bond acceptors (Lipinski definition) is 6. The van der Waals surface area contributed by atoms with E-state index in [9.17, 15) is 4.79 Å². The molecular formula is C22H31N5O2. The SMILES string of the molecule is COc1cccc(CC(=O)NC[C@H]2CC[C@@H](Nc3nccc(N(C)C)n3)CC2)c1. The van der Waals surface area contributed by atoms with Crippen LogP contribution in [0.25, 0.3) is 0 Å². The van der Waals surface area contributed by atoms with Gasteiger partial charge in [-0.25, -0.2) is 4.98 Å². The molecule has 0 atom stereocenters. The first-order chi connectivity index (χ1) is 14.0. The second kappa shape index (κ2) is 10.1. The quantitative estimate of drug-likeness (QED) is 0.713. The molecule has 0 bridgehead atoms. The van der Waals surface area contributed by atoms with Gasteiger partial charge in [-0.05, 0) is 55.4 Å². The molecule has 0 aliphatic heterocycles. The Hall–Kier alpha value is -2.83. The van der Waals surface area contributed by atoms with Crippen molar-refractivity contribution in [3.63, 3.8) is 0 Å². The van der Waals surface area contributed by atoms with Gasteiger partial charge in [-0.1, -0.05) is 12.1 Å². The molecule has 156 valence electrons. The van der Waals surface area contributed by atoms with E-state index in [0.717, 1.165) is 49.4 Å². The van der Waals surface area contributed by atoms with Crippen molar-refractivity contribution in [2.24, 2.45) is 5.92 Å². The number of carbonyl (C=O) groups is 1. The van der Waals surface area contributed by atoms with Gasteiger partial charge in [0.25, 0.3) is 0 Å². The smallest absolute Gasteiger partial charge is 0.224 e. The first-order valence-corrected chi connectivity index (χ1v) is 10.2. The second-order valence-electron chi connectivity index (χ2n) is 7.83. The van der Waals surface area contributed by atoms with Crippen LogP contribution in [0.15, 0.2) is 36.5 Å². The molecule has 1 amide bonds. The topological polar surface area (TPSA) is 79.4 Å². The largest absolute Gasteiger partial charge is 0.497 e. The van der Waals surface area contributed by atoms with Gasteiger partial charge in [-0.15, -0.1) is 0 Å². The van der Waals surface area contributed by atoms with Crippen LogP contribution in [0, 0.1) is 5.92 Å². The highest BCUT2D eigenvalue weighted by Crippen LogP contribution is 2.26. The van der Waals surface area contributed by atoms with Gasteiger partial charge in [0.2, 0.25) is 11.9 Å². The number of carbonyl (C=O) groups excluding carboxylic acids is 1. The number of aromatic nitrogens is 2. The van der Waals surface area contributed by atoms with E-state index in [4.69, 9.17) is 4.74 Å². The maximum atomic E-state index is 12.3. The zero-order valence-electron chi connectivity index (χ0n) is 17.5. The molecule has 0 saturated heterocycles. The van der Waals surface area contributed by atoms with Crippen LogP contribution in [0.2, 0.25) is 0 Å². The summed E-state index contributed by atoms with van der Waals surface area (Å²) < 4.78 is 5.21. The van der Waals surface area contributed by atoms with Crippen molar-refractivity contribution in [1.29, 1.82) is 0 Å². The molecule has 1 aromatic heterocycles. The summed E-state index contributed by atoms with van der Waals surface area (Å²) in [6.45, 7) is 0.738. The van der Waals surface area contributed by atoms with E-state index in [2.05, 4.69) is 20.6 Å². The Morgan fingerprint density at radius 1 is 1.21 bits per heavy atom. The van der Waals surface area contributed by atoms with Crippen LogP contribution in [-0.2, 0) is 11.2 Å². The van der Waals surface area contributed by atoms with E-state index >= 15 is 0 Å². The summed E-state index contributed by atoms with van der Waals surface area (Å²) in [5.74, 6) is 2.95. The number of rotatable bonds is 8. The van der Waals surface area contributed by atoms with E-state index in [1.807, 2.05) is 49.3 Å².